The quantitative estimate of drug-likeness (QED) is 0.576. The largest absolute Gasteiger partial charge is 0.492 e. The van der Waals surface area contributed by atoms with E-state index in [1.807, 2.05) is 0 Å². The van der Waals surface area contributed by atoms with Gasteiger partial charge in [-0.15, -0.1) is 0 Å². The average Bonchev–Trinajstić information content (AvgIpc) is 3.13. The fourth-order valence-electron chi connectivity index (χ4n) is 3.92. The van der Waals surface area contributed by atoms with Crippen molar-refractivity contribution in [1.29, 1.82) is 0 Å². The van der Waals surface area contributed by atoms with Crippen LogP contribution in [-0.2, 0) is 10.0 Å². The van der Waals surface area contributed by atoms with Gasteiger partial charge in [0.1, 0.15) is 10.6 Å². The number of piperidine rings is 1. The Balaban J connectivity index is 1.67. The Morgan fingerprint density at radius 2 is 1.94 bits per heavy atom. The van der Waals surface area contributed by atoms with Gasteiger partial charge < -0.3 is 14.5 Å². The second-order valence-electron chi connectivity index (χ2n) is 7.69. The smallest absolute Gasteiger partial charge is 0.291 e. The summed E-state index contributed by atoms with van der Waals surface area (Å²) in [5.41, 5.74) is 0.786. The van der Waals surface area contributed by atoms with Crippen molar-refractivity contribution < 1.29 is 26.8 Å². The maximum Gasteiger partial charge on any atom is 0.291 e. The lowest BCUT2D eigenvalue weighted by Crippen LogP contribution is -2.35. The van der Waals surface area contributed by atoms with Gasteiger partial charge in [-0.25, -0.2) is 12.8 Å². The van der Waals surface area contributed by atoms with Gasteiger partial charge in [0.05, 0.1) is 6.61 Å². The maximum atomic E-state index is 14.0. The lowest BCUT2D eigenvalue weighted by Gasteiger charge is -2.27. The zero-order valence-corrected chi connectivity index (χ0v) is 18.8. The maximum absolute atomic E-state index is 14.0. The van der Waals surface area contributed by atoms with E-state index in [9.17, 15) is 17.6 Å². The Kier molecular flexibility index (Phi) is 6.21. The molecule has 32 heavy (non-hydrogen) atoms. The van der Waals surface area contributed by atoms with Crippen LogP contribution in [0.3, 0.4) is 0 Å². The molecule has 0 unspecified atom stereocenters. The standard InChI is InChI=1S/C23H25FN2O5S/c1-3-30-19-11-10-16(14-20(19)32(28,29)26-12-5-4-6-13-26)25-23(27)21-15(2)17-8-7-9-18(24)22(17)31-21/h7-11,14H,3-6,12-13H2,1-2H3,(H,25,27). The number of hydrogen-bond acceptors (Lipinski definition) is 5. The molecule has 0 spiro atoms. The molecule has 3 aromatic rings. The lowest BCUT2D eigenvalue weighted by molar-refractivity contribution is 0.0997. The van der Waals surface area contributed by atoms with Gasteiger partial charge in [-0.3, -0.25) is 4.79 Å². The van der Waals surface area contributed by atoms with Crippen molar-refractivity contribution >= 4 is 32.6 Å². The van der Waals surface area contributed by atoms with E-state index >= 15 is 0 Å². The summed E-state index contributed by atoms with van der Waals surface area (Å²) in [6.07, 6.45) is 2.61. The molecule has 0 aliphatic carbocycles. The summed E-state index contributed by atoms with van der Waals surface area (Å²) in [4.78, 5) is 12.9. The number of amides is 1. The van der Waals surface area contributed by atoms with E-state index < -0.39 is 21.7 Å². The van der Waals surface area contributed by atoms with E-state index in [4.69, 9.17) is 9.15 Å². The predicted octanol–water partition coefficient (Wildman–Crippen LogP) is 4.71. The van der Waals surface area contributed by atoms with E-state index in [1.54, 1.807) is 32.0 Å². The van der Waals surface area contributed by atoms with Crippen molar-refractivity contribution in [3.8, 4) is 5.75 Å². The number of carbonyl (C=O) groups is 1. The number of anilines is 1. The Hall–Kier alpha value is -2.91. The van der Waals surface area contributed by atoms with E-state index in [0.29, 0.717) is 30.6 Å². The number of rotatable bonds is 6. The first-order valence-corrected chi connectivity index (χ1v) is 12.0. The average molecular weight is 461 g/mol. The molecule has 170 valence electrons. The van der Waals surface area contributed by atoms with Crippen LogP contribution in [0.4, 0.5) is 10.1 Å². The van der Waals surface area contributed by atoms with Crippen LogP contribution in [0.1, 0.15) is 42.3 Å². The van der Waals surface area contributed by atoms with Crippen LogP contribution in [0, 0.1) is 12.7 Å². The van der Waals surface area contributed by atoms with E-state index in [1.165, 1.54) is 22.5 Å². The summed E-state index contributed by atoms with van der Waals surface area (Å²) in [5.74, 6) is -0.943. The minimum Gasteiger partial charge on any atom is -0.492 e. The minimum atomic E-state index is -3.79. The number of para-hydroxylation sites is 1. The van der Waals surface area contributed by atoms with Gasteiger partial charge >= 0.3 is 0 Å². The van der Waals surface area contributed by atoms with Crippen molar-refractivity contribution in [2.45, 2.75) is 38.0 Å². The van der Waals surface area contributed by atoms with Crippen LogP contribution in [0.25, 0.3) is 11.0 Å². The van der Waals surface area contributed by atoms with Crippen LogP contribution in [0.5, 0.6) is 5.75 Å². The zero-order chi connectivity index (χ0) is 22.9. The number of ether oxygens (including phenoxy) is 1. The highest BCUT2D eigenvalue weighted by Gasteiger charge is 2.30. The number of nitrogens with zero attached hydrogens (tertiary/aromatic N) is 1. The molecule has 1 aromatic heterocycles. The molecule has 0 radical (unpaired) electrons. The summed E-state index contributed by atoms with van der Waals surface area (Å²) < 4.78 is 53.1. The molecule has 0 bridgehead atoms. The summed E-state index contributed by atoms with van der Waals surface area (Å²) >= 11 is 0. The van der Waals surface area contributed by atoms with Gasteiger partial charge in [0.25, 0.3) is 5.91 Å². The second kappa shape index (κ2) is 8.91. The summed E-state index contributed by atoms with van der Waals surface area (Å²) in [6.45, 7) is 4.65. The van der Waals surface area contributed by atoms with E-state index in [2.05, 4.69) is 5.32 Å². The van der Waals surface area contributed by atoms with Crippen LogP contribution >= 0.6 is 0 Å². The van der Waals surface area contributed by atoms with E-state index in [0.717, 1.165) is 19.3 Å². The summed E-state index contributed by atoms with van der Waals surface area (Å²) in [5, 5.41) is 3.18. The lowest BCUT2D eigenvalue weighted by atomic mass is 10.1. The molecular weight excluding hydrogens is 435 g/mol. The first kappa shape index (κ1) is 22.3. The van der Waals surface area contributed by atoms with Crippen LogP contribution in [0.2, 0.25) is 0 Å². The van der Waals surface area contributed by atoms with Gasteiger partial charge in [-0.2, -0.15) is 4.31 Å². The zero-order valence-electron chi connectivity index (χ0n) is 18.0. The van der Waals surface area contributed by atoms with Crippen molar-refractivity contribution in [2.24, 2.45) is 0 Å². The Bertz CT molecular complexity index is 1260. The first-order valence-electron chi connectivity index (χ1n) is 10.6. The fraction of sp³-hybridized carbons (Fsp3) is 0.348. The monoisotopic (exact) mass is 460 g/mol. The van der Waals surface area contributed by atoms with Gasteiger partial charge in [-0.05, 0) is 51.0 Å². The van der Waals surface area contributed by atoms with Gasteiger partial charge in [0, 0.05) is 29.7 Å². The molecule has 9 heteroatoms. The SMILES string of the molecule is CCOc1ccc(NC(=O)c2oc3c(F)cccc3c2C)cc1S(=O)(=O)N1CCCCC1. The normalized spacial score (nSPS) is 15.1. The van der Waals surface area contributed by atoms with E-state index in [-0.39, 0.29) is 27.7 Å². The molecule has 0 atom stereocenters. The molecular formula is C23H25FN2O5S. The van der Waals surface area contributed by atoms with Gasteiger partial charge in [0.2, 0.25) is 10.0 Å². The number of fused-ring (bicyclic) bond motifs is 1. The molecule has 1 amide bonds. The number of halogens is 1. The number of benzene rings is 2. The number of furan rings is 1. The molecule has 2 aromatic carbocycles. The third-order valence-corrected chi connectivity index (χ3v) is 7.48. The third-order valence-electron chi connectivity index (χ3n) is 5.56. The highest BCUT2D eigenvalue weighted by atomic mass is 32.2. The molecule has 2 heterocycles. The molecule has 7 nitrogen and oxygen atoms in total. The highest BCUT2D eigenvalue weighted by Crippen LogP contribution is 2.32. The number of carbonyl (C=O) groups excluding carboxylic acids is 1. The fourth-order valence-corrected chi connectivity index (χ4v) is 5.59. The predicted molar refractivity (Wildman–Crippen MR) is 119 cm³/mol. The molecule has 1 aliphatic rings. The number of sulfonamides is 1. The van der Waals surface area contributed by atoms with Crippen molar-refractivity contribution in [3.05, 3.63) is 53.5 Å². The van der Waals surface area contributed by atoms with Crippen LogP contribution in [-0.4, -0.2) is 38.3 Å². The molecule has 1 saturated heterocycles. The van der Waals surface area contributed by atoms with Crippen LogP contribution < -0.4 is 10.1 Å². The molecule has 1 aliphatic heterocycles. The van der Waals surface area contributed by atoms with Gasteiger partial charge in [-0.1, -0.05) is 18.6 Å². The third kappa shape index (κ3) is 4.10. The van der Waals surface area contributed by atoms with Crippen molar-refractivity contribution in [1.82, 2.24) is 4.31 Å². The summed E-state index contributed by atoms with van der Waals surface area (Å²) in [6, 6.07) is 8.97. The number of aryl methyl sites for hydroxylation is 1. The molecule has 1 N–H and O–H groups in total. The molecule has 4 rings (SSSR count). The van der Waals surface area contributed by atoms with Crippen molar-refractivity contribution in [2.75, 3.05) is 25.0 Å². The highest BCUT2D eigenvalue weighted by molar-refractivity contribution is 7.89. The Labute approximate surface area is 186 Å². The summed E-state index contributed by atoms with van der Waals surface area (Å²) in [7, 11) is -3.79. The number of hydrogen-bond donors (Lipinski definition) is 1. The van der Waals surface area contributed by atoms with Gasteiger partial charge in [0.15, 0.2) is 17.2 Å². The Morgan fingerprint density at radius 1 is 1.19 bits per heavy atom. The second-order valence-corrected chi connectivity index (χ2v) is 9.59. The number of nitrogens with one attached hydrogen (secondary N) is 1. The topological polar surface area (TPSA) is 88.8 Å². The molecule has 0 saturated carbocycles. The van der Waals surface area contributed by atoms with Crippen LogP contribution in [0.15, 0.2) is 45.7 Å². The Morgan fingerprint density at radius 3 is 2.62 bits per heavy atom. The van der Waals surface area contributed by atoms with Crippen molar-refractivity contribution in [3.63, 3.8) is 0 Å². The molecule has 1 fully saturated rings. The first-order chi connectivity index (χ1) is 15.3. The minimum absolute atomic E-state index is 0.00595.